The van der Waals surface area contributed by atoms with Gasteiger partial charge in [0.15, 0.2) is 0 Å². The van der Waals surface area contributed by atoms with Gasteiger partial charge in [-0.2, -0.15) is 8.42 Å². The highest BCUT2D eigenvalue weighted by Crippen LogP contribution is 2.08. The van der Waals surface area contributed by atoms with Crippen molar-refractivity contribution in [3.63, 3.8) is 0 Å². The number of hydrogen-bond acceptors (Lipinski definition) is 6. The number of unbranched alkanes of at least 4 members (excludes halogenated alkanes) is 1. The van der Waals surface area contributed by atoms with Gasteiger partial charge >= 0.3 is 11.9 Å². The van der Waals surface area contributed by atoms with Gasteiger partial charge in [0.25, 0.3) is 10.1 Å². The van der Waals surface area contributed by atoms with Gasteiger partial charge in [-0.3, -0.25) is 14.1 Å². The van der Waals surface area contributed by atoms with E-state index in [4.69, 9.17) is 4.55 Å². The first kappa shape index (κ1) is 21.1. The normalized spacial score (nSPS) is 10.3. The number of esters is 2. The minimum absolute atomic E-state index is 0.0666. The van der Waals surface area contributed by atoms with Gasteiger partial charge in [0.05, 0.1) is 19.1 Å². The Bertz CT molecular complexity index is 573. The monoisotopic (exact) mass is 346 g/mol. The van der Waals surface area contributed by atoms with Crippen molar-refractivity contribution in [3.8, 4) is 0 Å². The predicted molar refractivity (Wildman–Crippen MR) is 83.5 cm³/mol. The van der Waals surface area contributed by atoms with Gasteiger partial charge in [-0.25, -0.2) is 0 Å². The van der Waals surface area contributed by atoms with Crippen molar-refractivity contribution >= 4 is 22.1 Å². The molecule has 1 rings (SSSR count). The zero-order valence-corrected chi connectivity index (χ0v) is 14.3. The molecule has 0 fully saturated rings. The molecule has 0 bridgehead atoms. The highest BCUT2D eigenvalue weighted by Gasteiger charge is 2.06. The van der Waals surface area contributed by atoms with E-state index in [1.807, 2.05) is 6.92 Å². The Hall–Kier alpha value is -1.93. The van der Waals surface area contributed by atoms with Crippen LogP contribution in [0.25, 0.3) is 0 Å². The number of aryl methyl sites for hydroxylation is 1. The van der Waals surface area contributed by atoms with Gasteiger partial charge in [-0.1, -0.05) is 17.7 Å². The van der Waals surface area contributed by atoms with Crippen LogP contribution in [0.1, 0.15) is 31.2 Å². The number of ether oxygens (including phenoxy) is 2. The summed E-state index contributed by atoms with van der Waals surface area (Å²) in [6.45, 7) is 1.84. The number of carbonyl (C=O) groups is 2. The number of benzene rings is 1. The van der Waals surface area contributed by atoms with Crippen molar-refractivity contribution < 1.29 is 32.0 Å². The third kappa shape index (κ3) is 10.4. The molecule has 0 aromatic heterocycles. The molecule has 0 aliphatic heterocycles. The highest BCUT2D eigenvalue weighted by atomic mass is 32.2. The van der Waals surface area contributed by atoms with Crippen LogP contribution < -0.4 is 0 Å². The summed E-state index contributed by atoms with van der Waals surface area (Å²) in [6, 6.07) is 5.99. The summed E-state index contributed by atoms with van der Waals surface area (Å²) in [5.41, 5.74) is 0.956. The number of carbonyl (C=O) groups excluding carboxylic acids is 2. The summed E-state index contributed by atoms with van der Waals surface area (Å²) in [4.78, 5) is 21.1. The zero-order valence-electron chi connectivity index (χ0n) is 13.4. The molecule has 0 radical (unpaired) electrons. The summed E-state index contributed by atoms with van der Waals surface area (Å²) in [7, 11) is -1.32. The van der Waals surface area contributed by atoms with E-state index >= 15 is 0 Å². The molecular weight excluding hydrogens is 324 g/mol. The molecule has 0 spiro atoms. The molecular formula is C15H22O7S. The molecule has 0 unspecified atom stereocenters. The van der Waals surface area contributed by atoms with Crippen LogP contribution in [0, 0.1) is 6.92 Å². The Morgan fingerprint density at radius 2 is 1.35 bits per heavy atom. The van der Waals surface area contributed by atoms with Crippen LogP contribution >= 0.6 is 0 Å². The fourth-order valence-electron chi connectivity index (χ4n) is 1.45. The van der Waals surface area contributed by atoms with Crippen LogP contribution in [-0.4, -0.2) is 39.1 Å². The standard InChI is InChI=1S/C8H14O4.C7H8O3S/c1-11-7(9)5-3-4-6-8(10)12-2;1-6-2-4-7(5-3-6)11(8,9)10/h3-6H2,1-2H3;2-5H,1H3,(H,8,9,10). The lowest BCUT2D eigenvalue weighted by Gasteiger charge is -1.98. The lowest BCUT2D eigenvalue weighted by atomic mass is 10.2. The Morgan fingerprint density at radius 3 is 1.65 bits per heavy atom. The van der Waals surface area contributed by atoms with E-state index in [2.05, 4.69) is 9.47 Å². The fraction of sp³-hybridized carbons (Fsp3) is 0.467. The van der Waals surface area contributed by atoms with E-state index in [1.54, 1.807) is 12.1 Å². The number of rotatable bonds is 6. The second-order valence-electron chi connectivity index (χ2n) is 4.65. The van der Waals surface area contributed by atoms with E-state index in [1.165, 1.54) is 26.4 Å². The van der Waals surface area contributed by atoms with Crippen LogP contribution in [0.4, 0.5) is 0 Å². The number of hydrogen-bond donors (Lipinski definition) is 1. The second kappa shape index (κ2) is 10.7. The molecule has 1 N–H and O–H groups in total. The molecule has 0 saturated heterocycles. The first-order valence-corrected chi connectivity index (χ1v) is 8.32. The zero-order chi connectivity index (χ0) is 17.9. The van der Waals surface area contributed by atoms with Gasteiger partial charge < -0.3 is 9.47 Å². The van der Waals surface area contributed by atoms with Gasteiger partial charge in [0.2, 0.25) is 0 Å². The fourth-order valence-corrected chi connectivity index (χ4v) is 1.93. The van der Waals surface area contributed by atoms with E-state index < -0.39 is 10.1 Å². The SMILES string of the molecule is COC(=O)CCCCC(=O)OC.Cc1ccc(S(=O)(=O)O)cc1. The average Bonchev–Trinajstić information content (AvgIpc) is 2.51. The maximum absolute atomic E-state index is 10.6. The van der Waals surface area contributed by atoms with Crippen LogP contribution in [0.3, 0.4) is 0 Å². The summed E-state index contributed by atoms with van der Waals surface area (Å²) < 4.78 is 38.4. The summed E-state index contributed by atoms with van der Waals surface area (Å²) in [5, 5.41) is 0. The average molecular weight is 346 g/mol. The lowest BCUT2D eigenvalue weighted by molar-refractivity contribution is -0.142. The molecule has 0 saturated carbocycles. The quantitative estimate of drug-likeness (QED) is 0.477. The van der Waals surface area contributed by atoms with Crippen molar-refractivity contribution in [3.05, 3.63) is 29.8 Å². The molecule has 0 heterocycles. The summed E-state index contributed by atoms with van der Waals surface area (Å²) in [6.07, 6.45) is 2.07. The van der Waals surface area contributed by atoms with E-state index in [9.17, 15) is 18.0 Å². The predicted octanol–water partition coefficient (Wildman–Crippen LogP) is 2.13. The molecule has 1 aromatic carbocycles. The largest absolute Gasteiger partial charge is 0.469 e. The lowest BCUT2D eigenvalue weighted by Crippen LogP contribution is -2.02. The first-order valence-electron chi connectivity index (χ1n) is 6.88. The van der Waals surface area contributed by atoms with Gasteiger partial charge in [0.1, 0.15) is 0 Å². The molecule has 7 nitrogen and oxygen atoms in total. The van der Waals surface area contributed by atoms with Crippen molar-refractivity contribution in [2.45, 2.75) is 37.5 Å². The molecule has 130 valence electrons. The van der Waals surface area contributed by atoms with Gasteiger partial charge in [-0.05, 0) is 31.9 Å². The molecule has 0 aliphatic carbocycles. The summed E-state index contributed by atoms with van der Waals surface area (Å²) in [5.74, 6) is -0.472. The van der Waals surface area contributed by atoms with Crippen molar-refractivity contribution in [2.75, 3.05) is 14.2 Å². The smallest absolute Gasteiger partial charge is 0.305 e. The Morgan fingerprint density at radius 1 is 0.957 bits per heavy atom. The Kier molecular flexibility index (Phi) is 9.84. The van der Waals surface area contributed by atoms with Crippen LogP contribution in [0.5, 0.6) is 0 Å². The highest BCUT2D eigenvalue weighted by molar-refractivity contribution is 7.85. The van der Waals surface area contributed by atoms with Crippen molar-refractivity contribution in [2.24, 2.45) is 0 Å². The van der Waals surface area contributed by atoms with Gasteiger partial charge in [-0.15, -0.1) is 0 Å². The topological polar surface area (TPSA) is 107 Å². The third-order valence-electron chi connectivity index (χ3n) is 2.79. The first-order chi connectivity index (χ1) is 10.7. The molecule has 0 aliphatic rings. The minimum atomic E-state index is -4.02. The molecule has 0 atom stereocenters. The third-order valence-corrected chi connectivity index (χ3v) is 3.65. The van der Waals surface area contributed by atoms with Crippen LogP contribution in [-0.2, 0) is 29.2 Å². The van der Waals surface area contributed by atoms with E-state index in [-0.39, 0.29) is 16.8 Å². The Balaban J connectivity index is 0.000000422. The molecule has 8 heteroatoms. The van der Waals surface area contributed by atoms with E-state index in [0.29, 0.717) is 25.7 Å². The molecule has 23 heavy (non-hydrogen) atoms. The molecule has 1 aromatic rings. The van der Waals surface area contributed by atoms with Crippen LogP contribution in [0.15, 0.2) is 29.2 Å². The summed E-state index contributed by atoms with van der Waals surface area (Å²) >= 11 is 0. The second-order valence-corrected chi connectivity index (χ2v) is 6.07. The maximum atomic E-state index is 10.6. The van der Waals surface area contributed by atoms with Gasteiger partial charge in [0, 0.05) is 12.8 Å². The van der Waals surface area contributed by atoms with E-state index in [0.717, 1.165) is 5.56 Å². The van der Waals surface area contributed by atoms with Crippen LogP contribution in [0.2, 0.25) is 0 Å². The minimum Gasteiger partial charge on any atom is -0.469 e. The van der Waals surface area contributed by atoms with Crippen molar-refractivity contribution in [1.29, 1.82) is 0 Å². The number of methoxy groups -OCH3 is 2. The Labute approximate surface area is 136 Å². The van der Waals surface area contributed by atoms with Crippen molar-refractivity contribution in [1.82, 2.24) is 0 Å². The molecule has 0 amide bonds. The maximum Gasteiger partial charge on any atom is 0.305 e.